The number of methoxy groups -OCH3 is 1. The van der Waals surface area contributed by atoms with Gasteiger partial charge in [-0.2, -0.15) is 0 Å². The summed E-state index contributed by atoms with van der Waals surface area (Å²) in [5.74, 6) is 0.0981. The lowest BCUT2D eigenvalue weighted by Crippen LogP contribution is -2.12. The summed E-state index contributed by atoms with van der Waals surface area (Å²) in [4.78, 5) is 11.4. The zero-order valence-electron chi connectivity index (χ0n) is 9.60. The smallest absolute Gasteiger partial charge is 0.312 e. The first-order valence-corrected chi connectivity index (χ1v) is 5.11. The van der Waals surface area contributed by atoms with E-state index in [1.165, 1.54) is 7.11 Å². The number of hydrogen-bond donors (Lipinski definition) is 0. The van der Waals surface area contributed by atoms with Crippen LogP contribution in [-0.2, 0) is 9.53 Å². The molecule has 3 nitrogen and oxygen atoms in total. The third-order valence-corrected chi connectivity index (χ3v) is 2.30. The maximum atomic E-state index is 11.4. The van der Waals surface area contributed by atoms with Crippen LogP contribution >= 0.6 is 0 Å². The maximum absolute atomic E-state index is 11.4. The van der Waals surface area contributed by atoms with Gasteiger partial charge in [0, 0.05) is 5.56 Å². The monoisotopic (exact) mass is 220 g/mol. The Bertz CT molecular complexity index is 371. The molecule has 16 heavy (non-hydrogen) atoms. The van der Waals surface area contributed by atoms with Gasteiger partial charge in [0.15, 0.2) is 0 Å². The zero-order valence-corrected chi connectivity index (χ0v) is 9.60. The van der Waals surface area contributed by atoms with E-state index in [-0.39, 0.29) is 11.9 Å². The van der Waals surface area contributed by atoms with E-state index in [0.717, 1.165) is 5.56 Å². The van der Waals surface area contributed by atoms with Gasteiger partial charge in [-0.1, -0.05) is 30.9 Å². The van der Waals surface area contributed by atoms with E-state index in [0.29, 0.717) is 12.4 Å². The van der Waals surface area contributed by atoms with Crippen LogP contribution in [0.5, 0.6) is 5.75 Å². The third-order valence-electron chi connectivity index (χ3n) is 2.30. The Morgan fingerprint density at radius 2 is 2.19 bits per heavy atom. The van der Waals surface area contributed by atoms with Crippen LogP contribution in [0.4, 0.5) is 0 Å². The Balaban J connectivity index is 2.93. The fraction of sp³-hybridized carbons (Fsp3) is 0.308. The third kappa shape index (κ3) is 2.86. The highest BCUT2D eigenvalue weighted by atomic mass is 16.5. The molecule has 0 fully saturated rings. The van der Waals surface area contributed by atoms with E-state index in [4.69, 9.17) is 9.47 Å². The summed E-state index contributed by atoms with van der Waals surface area (Å²) in [5, 5.41) is 0. The average molecular weight is 220 g/mol. The molecule has 1 unspecified atom stereocenters. The zero-order chi connectivity index (χ0) is 12.0. The van der Waals surface area contributed by atoms with Crippen molar-refractivity contribution in [1.29, 1.82) is 0 Å². The lowest BCUT2D eigenvalue weighted by atomic mass is 10.0. The van der Waals surface area contributed by atoms with Crippen molar-refractivity contribution in [1.82, 2.24) is 0 Å². The lowest BCUT2D eigenvalue weighted by Gasteiger charge is -2.14. The highest BCUT2D eigenvalue weighted by molar-refractivity contribution is 5.78. The van der Waals surface area contributed by atoms with Crippen LogP contribution in [-0.4, -0.2) is 19.7 Å². The van der Waals surface area contributed by atoms with Crippen LogP contribution in [0.3, 0.4) is 0 Å². The first-order chi connectivity index (χ1) is 7.70. The highest BCUT2D eigenvalue weighted by Crippen LogP contribution is 2.27. The summed E-state index contributed by atoms with van der Waals surface area (Å²) in [5.41, 5.74) is 0.830. The van der Waals surface area contributed by atoms with Crippen LogP contribution in [0, 0.1) is 0 Å². The fourth-order valence-electron chi connectivity index (χ4n) is 1.42. The van der Waals surface area contributed by atoms with Crippen LogP contribution in [0.15, 0.2) is 36.9 Å². The largest absolute Gasteiger partial charge is 0.489 e. The minimum atomic E-state index is -0.328. The first kappa shape index (κ1) is 12.3. The van der Waals surface area contributed by atoms with Gasteiger partial charge in [-0.05, 0) is 13.0 Å². The van der Waals surface area contributed by atoms with Crippen LogP contribution < -0.4 is 4.74 Å². The topological polar surface area (TPSA) is 35.5 Å². The van der Waals surface area contributed by atoms with Crippen LogP contribution in [0.2, 0.25) is 0 Å². The van der Waals surface area contributed by atoms with E-state index in [2.05, 4.69) is 6.58 Å². The second kappa shape index (κ2) is 5.95. The molecule has 0 aliphatic rings. The predicted molar refractivity (Wildman–Crippen MR) is 62.6 cm³/mol. The molecule has 0 saturated carbocycles. The summed E-state index contributed by atoms with van der Waals surface area (Å²) < 4.78 is 10.2. The van der Waals surface area contributed by atoms with Crippen molar-refractivity contribution in [3.8, 4) is 5.75 Å². The molecule has 0 aliphatic carbocycles. The molecule has 0 aliphatic heterocycles. The van der Waals surface area contributed by atoms with Crippen molar-refractivity contribution >= 4 is 5.97 Å². The molecule has 0 heterocycles. The van der Waals surface area contributed by atoms with Gasteiger partial charge in [-0.3, -0.25) is 4.79 Å². The van der Waals surface area contributed by atoms with Crippen molar-refractivity contribution in [2.45, 2.75) is 12.8 Å². The number of benzene rings is 1. The van der Waals surface area contributed by atoms with Crippen molar-refractivity contribution in [3.63, 3.8) is 0 Å². The molecule has 0 amide bonds. The highest BCUT2D eigenvalue weighted by Gasteiger charge is 2.19. The summed E-state index contributed by atoms with van der Waals surface area (Å²) in [6, 6.07) is 7.43. The Hall–Kier alpha value is -1.77. The van der Waals surface area contributed by atoms with Gasteiger partial charge in [-0.15, -0.1) is 0 Å². The van der Waals surface area contributed by atoms with E-state index >= 15 is 0 Å². The van der Waals surface area contributed by atoms with Crippen LogP contribution in [0.1, 0.15) is 18.4 Å². The Morgan fingerprint density at radius 1 is 1.50 bits per heavy atom. The standard InChI is InChI=1S/C13H16O3/c1-4-9-16-12-8-6-5-7-11(12)10(2)13(14)15-3/h4-8,10H,1,9H2,2-3H3. The number of carbonyl (C=O) groups excluding carboxylic acids is 1. The van der Waals surface area contributed by atoms with Gasteiger partial charge >= 0.3 is 5.97 Å². The van der Waals surface area contributed by atoms with Gasteiger partial charge < -0.3 is 9.47 Å². The molecule has 1 rings (SSSR count). The number of ether oxygens (including phenoxy) is 2. The number of para-hydroxylation sites is 1. The molecule has 0 aromatic heterocycles. The van der Waals surface area contributed by atoms with Gasteiger partial charge in [0.25, 0.3) is 0 Å². The Labute approximate surface area is 95.7 Å². The summed E-state index contributed by atoms with van der Waals surface area (Å²) in [7, 11) is 1.38. The fourth-order valence-corrected chi connectivity index (χ4v) is 1.42. The minimum Gasteiger partial charge on any atom is -0.489 e. The molecule has 1 atom stereocenters. The molecule has 0 N–H and O–H groups in total. The summed E-state index contributed by atoms with van der Waals surface area (Å²) in [6.07, 6.45) is 1.67. The quantitative estimate of drug-likeness (QED) is 0.565. The Kier molecular flexibility index (Phi) is 4.58. The first-order valence-electron chi connectivity index (χ1n) is 5.11. The van der Waals surface area contributed by atoms with Gasteiger partial charge in [0.05, 0.1) is 13.0 Å². The number of carbonyl (C=O) groups is 1. The van der Waals surface area contributed by atoms with Crippen molar-refractivity contribution in [2.24, 2.45) is 0 Å². The molecule has 0 saturated heterocycles. The molecule has 0 bridgehead atoms. The molecule has 1 aromatic carbocycles. The average Bonchev–Trinajstić information content (AvgIpc) is 2.34. The number of hydrogen-bond acceptors (Lipinski definition) is 3. The predicted octanol–water partition coefficient (Wildman–Crippen LogP) is 2.53. The normalized spacial score (nSPS) is 11.6. The van der Waals surface area contributed by atoms with E-state index < -0.39 is 0 Å². The van der Waals surface area contributed by atoms with Crippen molar-refractivity contribution < 1.29 is 14.3 Å². The van der Waals surface area contributed by atoms with Crippen molar-refractivity contribution in [3.05, 3.63) is 42.5 Å². The molecular formula is C13H16O3. The summed E-state index contributed by atoms with van der Waals surface area (Å²) in [6.45, 7) is 5.80. The molecule has 0 spiro atoms. The molecule has 3 heteroatoms. The molecule has 1 aromatic rings. The minimum absolute atomic E-state index is 0.269. The SMILES string of the molecule is C=CCOc1ccccc1C(C)C(=O)OC. The van der Waals surface area contributed by atoms with Gasteiger partial charge in [0.2, 0.25) is 0 Å². The molecule has 0 radical (unpaired) electrons. The van der Waals surface area contributed by atoms with E-state index in [1.807, 2.05) is 24.3 Å². The second-order valence-electron chi connectivity index (χ2n) is 3.38. The Morgan fingerprint density at radius 3 is 2.81 bits per heavy atom. The maximum Gasteiger partial charge on any atom is 0.312 e. The van der Waals surface area contributed by atoms with Crippen molar-refractivity contribution in [2.75, 3.05) is 13.7 Å². The molecule has 86 valence electrons. The number of esters is 1. The van der Waals surface area contributed by atoms with Gasteiger partial charge in [-0.25, -0.2) is 0 Å². The van der Waals surface area contributed by atoms with E-state index in [9.17, 15) is 4.79 Å². The summed E-state index contributed by atoms with van der Waals surface area (Å²) >= 11 is 0. The van der Waals surface area contributed by atoms with Gasteiger partial charge in [0.1, 0.15) is 12.4 Å². The van der Waals surface area contributed by atoms with E-state index in [1.54, 1.807) is 13.0 Å². The second-order valence-corrected chi connectivity index (χ2v) is 3.38. The van der Waals surface area contributed by atoms with Crippen LogP contribution in [0.25, 0.3) is 0 Å². The number of rotatable bonds is 5. The molecular weight excluding hydrogens is 204 g/mol. The lowest BCUT2D eigenvalue weighted by molar-refractivity contribution is -0.142.